The fourth-order valence-electron chi connectivity index (χ4n) is 3.23. The molecule has 12 heteroatoms. The first-order chi connectivity index (χ1) is 14.2. The first-order valence-corrected chi connectivity index (χ1v) is 9.29. The molecule has 2 atom stereocenters. The first-order valence-electron chi connectivity index (χ1n) is 9.29. The smallest absolute Gasteiger partial charge is 0.375 e. The van der Waals surface area contributed by atoms with E-state index in [0.717, 1.165) is 38.0 Å². The highest BCUT2D eigenvalue weighted by Gasteiger charge is 2.52. The Morgan fingerprint density at radius 2 is 2.00 bits per heavy atom. The van der Waals surface area contributed by atoms with Gasteiger partial charge < -0.3 is 15.7 Å². The van der Waals surface area contributed by atoms with Crippen molar-refractivity contribution in [1.82, 2.24) is 29.7 Å². The highest BCUT2D eigenvalue weighted by Crippen LogP contribution is 2.37. The van der Waals surface area contributed by atoms with E-state index >= 15 is 0 Å². The summed E-state index contributed by atoms with van der Waals surface area (Å²) in [6.07, 6.45) is 1.26. The lowest BCUT2D eigenvalue weighted by molar-refractivity contribution is -0.260. The number of hydrogen-bond acceptors (Lipinski definition) is 7. The van der Waals surface area contributed by atoms with E-state index in [4.69, 9.17) is 0 Å². The fraction of sp³-hybridized carbons (Fsp3) is 0.444. The predicted octanol–water partition coefficient (Wildman–Crippen LogP) is 2.26. The molecule has 3 aromatic heterocycles. The van der Waals surface area contributed by atoms with Crippen molar-refractivity contribution in [3.63, 3.8) is 0 Å². The zero-order valence-corrected chi connectivity index (χ0v) is 15.9. The van der Waals surface area contributed by atoms with Gasteiger partial charge in [-0.1, -0.05) is 0 Å². The number of hydrogen-bond donors (Lipinski definition) is 3. The van der Waals surface area contributed by atoms with Crippen molar-refractivity contribution < 1.29 is 22.7 Å². The van der Waals surface area contributed by atoms with Crippen molar-refractivity contribution in [3.8, 4) is 11.4 Å². The van der Waals surface area contributed by atoms with Crippen molar-refractivity contribution in [2.24, 2.45) is 0 Å². The number of nitrogens with zero attached hydrogens (tertiary/aromatic N) is 5. The molecule has 0 saturated carbocycles. The zero-order valence-electron chi connectivity index (χ0n) is 15.9. The van der Waals surface area contributed by atoms with Gasteiger partial charge >= 0.3 is 6.18 Å². The highest BCUT2D eigenvalue weighted by molar-refractivity contribution is 5.61. The van der Waals surface area contributed by atoms with E-state index in [-0.39, 0.29) is 29.0 Å². The number of aliphatic hydroxyl groups is 1. The molecule has 0 amide bonds. The molecular formula is C18H19F4N7O. The predicted molar refractivity (Wildman–Crippen MR) is 99.1 cm³/mol. The minimum Gasteiger partial charge on any atom is -0.375 e. The Hall–Kier alpha value is -2.86. The summed E-state index contributed by atoms with van der Waals surface area (Å²) in [6, 6.07) is 0.0805. The molecule has 1 saturated heterocycles. The molecule has 0 bridgehead atoms. The van der Waals surface area contributed by atoms with Crippen LogP contribution in [-0.4, -0.2) is 54.8 Å². The van der Waals surface area contributed by atoms with Gasteiger partial charge in [-0.2, -0.15) is 13.2 Å². The second-order valence-electron chi connectivity index (χ2n) is 7.29. The van der Waals surface area contributed by atoms with Gasteiger partial charge in [0.15, 0.2) is 11.5 Å². The lowest BCUT2D eigenvalue weighted by Crippen LogP contribution is -2.40. The minimum absolute atomic E-state index is 0.0805. The maximum Gasteiger partial charge on any atom is 0.422 e. The summed E-state index contributed by atoms with van der Waals surface area (Å²) in [5.41, 5.74) is -3.68. The topological polar surface area (TPSA) is 100 Å². The van der Waals surface area contributed by atoms with Crippen LogP contribution in [0.15, 0.2) is 24.8 Å². The minimum atomic E-state index is -4.94. The van der Waals surface area contributed by atoms with Gasteiger partial charge in [-0.05, 0) is 26.3 Å². The standard InChI is InChI=1S/C18H19F4N7O/c1-17(30,18(20,21)22)13-9-29-12(7-25-14(29)8-24-13)15-11(19)6-26-16(28-15)27-10-3-2-4-23-5-10/h6-10,23,30H,2-5H2,1H3,(H,26,27,28)/t10-,17-/m1/s1. The van der Waals surface area contributed by atoms with E-state index in [1.54, 1.807) is 0 Å². The second-order valence-corrected chi connectivity index (χ2v) is 7.29. The Morgan fingerprint density at radius 3 is 2.70 bits per heavy atom. The maximum absolute atomic E-state index is 14.5. The van der Waals surface area contributed by atoms with Crippen LogP contribution in [0.25, 0.3) is 17.0 Å². The highest BCUT2D eigenvalue weighted by atomic mass is 19.4. The van der Waals surface area contributed by atoms with Gasteiger partial charge in [0.25, 0.3) is 0 Å². The maximum atomic E-state index is 14.5. The first kappa shape index (κ1) is 20.4. The van der Waals surface area contributed by atoms with E-state index in [9.17, 15) is 22.7 Å². The summed E-state index contributed by atoms with van der Waals surface area (Å²) in [4.78, 5) is 15.9. The molecule has 1 fully saturated rings. The van der Waals surface area contributed by atoms with Crippen LogP contribution in [0.1, 0.15) is 25.5 Å². The number of anilines is 1. The lowest BCUT2D eigenvalue weighted by atomic mass is 10.0. The molecule has 0 unspecified atom stereocenters. The number of imidazole rings is 1. The monoisotopic (exact) mass is 425 g/mol. The normalized spacial score (nSPS) is 19.6. The molecular weight excluding hydrogens is 406 g/mol. The molecule has 0 aromatic carbocycles. The quantitative estimate of drug-likeness (QED) is 0.552. The third-order valence-electron chi connectivity index (χ3n) is 5.06. The summed E-state index contributed by atoms with van der Waals surface area (Å²) in [5.74, 6) is -0.559. The third kappa shape index (κ3) is 3.67. The Kier molecular flexibility index (Phi) is 5.06. The Labute approximate surface area is 168 Å². The summed E-state index contributed by atoms with van der Waals surface area (Å²) in [5, 5.41) is 16.3. The largest absolute Gasteiger partial charge is 0.422 e. The van der Waals surface area contributed by atoms with E-state index < -0.39 is 23.3 Å². The SMILES string of the molecule is C[C@@](O)(c1cn2c(-c3nc(N[C@@H]4CCCNC4)ncc3F)cnc2cn1)C(F)(F)F. The van der Waals surface area contributed by atoms with Gasteiger partial charge in [0, 0.05) is 18.8 Å². The lowest BCUT2D eigenvalue weighted by Gasteiger charge is -2.25. The van der Waals surface area contributed by atoms with E-state index in [1.165, 1.54) is 10.6 Å². The molecule has 8 nitrogen and oxygen atoms in total. The molecule has 0 spiro atoms. The van der Waals surface area contributed by atoms with Gasteiger partial charge in [-0.25, -0.2) is 19.3 Å². The van der Waals surface area contributed by atoms with E-state index in [0.29, 0.717) is 13.5 Å². The molecule has 3 aromatic rings. The second kappa shape index (κ2) is 7.43. The average Bonchev–Trinajstić information content (AvgIpc) is 3.12. The van der Waals surface area contributed by atoms with Crippen LogP contribution >= 0.6 is 0 Å². The van der Waals surface area contributed by atoms with Gasteiger partial charge in [0.2, 0.25) is 11.5 Å². The van der Waals surface area contributed by atoms with Gasteiger partial charge in [-0.15, -0.1) is 0 Å². The molecule has 0 radical (unpaired) electrons. The van der Waals surface area contributed by atoms with Crippen molar-refractivity contribution in [1.29, 1.82) is 0 Å². The zero-order chi connectivity index (χ0) is 21.5. The number of aromatic nitrogens is 5. The summed E-state index contributed by atoms with van der Waals surface area (Å²) in [7, 11) is 0. The van der Waals surface area contributed by atoms with Crippen LogP contribution in [0.5, 0.6) is 0 Å². The van der Waals surface area contributed by atoms with Crippen LogP contribution in [-0.2, 0) is 5.60 Å². The fourth-order valence-corrected chi connectivity index (χ4v) is 3.23. The number of alkyl halides is 3. The molecule has 160 valence electrons. The van der Waals surface area contributed by atoms with Crippen LogP contribution in [0.4, 0.5) is 23.5 Å². The Bertz CT molecular complexity index is 1060. The van der Waals surface area contributed by atoms with Crippen molar-refractivity contribution >= 4 is 11.6 Å². The van der Waals surface area contributed by atoms with Crippen molar-refractivity contribution in [2.45, 2.75) is 37.6 Å². The molecule has 4 heterocycles. The Morgan fingerprint density at radius 1 is 1.20 bits per heavy atom. The molecule has 4 rings (SSSR count). The van der Waals surface area contributed by atoms with Crippen molar-refractivity contribution in [2.75, 3.05) is 18.4 Å². The molecule has 1 aliphatic heterocycles. The summed E-state index contributed by atoms with van der Waals surface area (Å²) < 4.78 is 55.3. The number of fused-ring (bicyclic) bond motifs is 1. The average molecular weight is 425 g/mol. The number of nitrogens with one attached hydrogen (secondary N) is 2. The van der Waals surface area contributed by atoms with E-state index in [2.05, 4.69) is 30.6 Å². The summed E-state index contributed by atoms with van der Waals surface area (Å²) >= 11 is 0. The van der Waals surface area contributed by atoms with Gasteiger partial charge in [0.05, 0.1) is 30.0 Å². The van der Waals surface area contributed by atoms with Gasteiger partial charge in [-0.3, -0.25) is 9.38 Å². The van der Waals surface area contributed by atoms with Crippen molar-refractivity contribution in [3.05, 3.63) is 36.3 Å². The number of halogens is 4. The van der Waals surface area contributed by atoms with Gasteiger partial charge in [0.1, 0.15) is 5.69 Å². The molecule has 3 N–H and O–H groups in total. The molecule has 30 heavy (non-hydrogen) atoms. The van der Waals surface area contributed by atoms with E-state index in [1.807, 2.05) is 0 Å². The Balaban J connectivity index is 1.74. The van der Waals surface area contributed by atoms with Crippen LogP contribution in [0.2, 0.25) is 0 Å². The number of rotatable bonds is 4. The summed E-state index contributed by atoms with van der Waals surface area (Å²) in [6.45, 7) is 2.24. The van der Waals surface area contributed by atoms with Crippen LogP contribution in [0, 0.1) is 5.82 Å². The molecule has 1 aliphatic rings. The molecule has 0 aliphatic carbocycles. The van der Waals surface area contributed by atoms with Crippen LogP contribution in [0.3, 0.4) is 0 Å². The van der Waals surface area contributed by atoms with Crippen LogP contribution < -0.4 is 10.6 Å². The number of piperidine rings is 1. The third-order valence-corrected chi connectivity index (χ3v) is 5.06.